The zero-order valence-corrected chi connectivity index (χ0v) is 15.7. The van der Waals surface area contributed by atoms with Crippen LogP contribution in [0.4, 0.5) is 0 Å². The molecule has 0 spiro atoms. The van der Waals surface area contributed by atoms with Gasteiger partial charge in [-0.25, -0.2) is 0 Å². The third kappa shape index (κ3) is 3.78. The number of nitrogens with one attached hydrogen (secondary N) is 1. The van der Waals surface area contributed by atoms with E-state index < -0.39 is 5.41 Å². The highest BCUT2D eigenvalue weighted by atomic mass is 16.5. The van der Waals surface area contributed by atoms with Gasteiger partial charge in [-0.05, 0) is 33.7 Å². The molecule has 1 N–H and O–H groups in total. The highest BCUT2D eigenvalue weighted by molar-refractivity contribution is 5.82. The molecule has 1 aliphatic heterocycles. The molecular weight excluding hydrogens is 338 g/mol. The Bertz CT molecular complexity index is 752. The van der Waals surface area contributed by atoms with Crippen molar-refractivity contribution in [3.63, 3.8) is 0 Å². The molecule has 9 heteroatoms. The van der Waals surface area contributed by atoms with E-state index in [-0.39, 0.29) is 5.91 Å². The first-order valence-electron chi connectivity index (χ1n) is 8.68. The molecule has 2 aromatic rings. The van der Waals surface area contributed by atoms with E-state index in [2.05, 4.69) is 25.5 Å². The SMILES string of the molecule is COCCNC(=O)C1(C)CCN(Cc2noc(-c3c(C)noc3C)n2)C1. The van der Waals surface area contributed by atoms with E-state index >= 15 is 0 Å². The largest absolute Gasteiger partial charge is 0.383 e. The maximum atomic E-state index is 12.4. The number of rotatable bonds is 7. The summed E-state index contributed by atoms with van der Waals surface area (Å²) in [5.41, 5.74) is 1.05. The Morgan fingerprint density at radius 1 is 1.35 bits per heavy atom. The van der Waals surface area contributed by atoms with Crippen LogP contribution in [0.3, 0.4) is 0 Å². The summed E-state index contributed by atoms with van der Waals surface area (Å²) in [7, 11) is 1.62. The number of ether oxygens (including phenoxy) is 1. The van der Waals surface area contributed by atoms with Crippen molar-refractivity contribution in [2.45, 2.75) is 33.7 Å². The predicted molar refractivity (Wildman–Crippen MR) is 92.2 cm³/mol. The molecule has 1 aliphatic rings. The van der Waals surface area contributed by atoms with Crippen molar-refractivity contribution in [3.8, 4) is 11.5 Å². The smallest absolute Gasteiger partial charge is 0.263 e. The predicted octanol–water partition coefficient (Wildman–Crippen LogP) is 1.32. The van der Waals surface area contributed by atoms with Gasteiger partial charge in [0.1, 0.15) is 11.3 Å². The average molecular weight is 363 g/mol. The van der Waals surface area contributed by atoms with Crippen molar-refractivity contribution in [3.05, 3.63) is 17.3 Å². The first kappa shape index (κ1) is 18.5. The topological polar surface area (TPSA) is 107 Å². The standard InChI is InChI=1S/C17H25N5O4/c1-11-14(12(2)25-20-11)15-19-13(21-26-15)9-22-7-5-17(3,10-22)16(23)18-6-8-24-4/h5-10H2,1-4H3,(H,18,23). The molecule has 26 heavy (non-hydrogen) atoms. The average Bonchev–Trinajstić information content (AvgIpc) is 3.29. The molecule has 1 atom stereocenters. The van der Waals surface area contributed by atoms with E-state index in [1.807, 2.05) is 20.8 Å². The molecule has 0 saturated carbocycles. The number of aryl methyl sites for hydroxylation is 2. The van der Waals surface area contributed by atoms with Crippen LogP contribution in [0.15, 0.2) is 9.05 Å². The van der Waals surface area contributed by atoms with Gasteiger partial charge in [0.15, 0.2) is 5.82 Å². The molecular formula is C17H25N5O4. The lowest BCUT2D eigenvalue weighted by Gasteiger charge is -2.23. The van der Waals surface area contributed by atoms with Gasteiger partial charge in [-0.3, -0.25) is 9.69 Å². The normalized spacial score (nSPS) is 20.6. The highest BCUT2D eigenvalue weighted by Gasteiger charge is 2.40. The highest BCUT2D eigenvalue weighted by Crippen LogP contribution is 2.31. The van der Waals surface area contributed by atoms with E-state index in [9.17, 15) is 4.79 Å². The second-order valence-electron chi connectivity index (χ2n) is 6.98. The van der Waals surface area contributed by atoms with Gasteiger partial charge in [0, 0.05) is 20.2 Å². The molecule has 142 valence electrons. The molecule has 0 radical (unpaired) electrons. The van der Waals surface area contributed by atoms with Crippen LogP contribution in [0.1, 0.15) is 30.6 Å². The molecule has 1 saturated heterocycles. The summed E-state index contributed by atoms with van der Waals surface area (Å²) >= 11 is 0. The van der Waals surface area contributed by atoms with Crippen molar-refractivity contribution < 1.29 is 18.6 Å². The molecule has 0 bridgehead atoms. The van der Waals surface area contributed by atoms with Crippen LogP contribution in [0.5, 0.6) is 0 Å². The first-order chi connectivity index (χ1) is 12.4. The minimum atomic E-state index is -0.415. The number of likely N-dealkylation sites (tertiary alicyclic amines) is 1. The zero-order valence-electron chi connectivity index (χ0n) is 15.7. The van der Waals surface area contributed by atoms with Gasteiger partial charge in [0.05, 0.1) is 24.3 Å². The number of carbonyl (C=O) groups excluding carboxylic acids is 1. The van der Waals surface area contributed by atoms with Gasteiger partial charge in [0.25, 0.3) is 5.89 Å². The van der Waals surface area contributed by atoms with Crippen LogP contribution < -0.4 is 5.32 Å². The maximum absolute atomic E-state index is 12.4. The molecule has 0 aromatic carbocycles. The summed E-state index contributed by atoms with van der Waals surface area (Å²) in [4.78, 5) is 19.0. The Labute approximate surface area is 152 Å². The molecule has 1 unspecified atom stereocenters. The fourth-order valence-corrected chi connectivity index (χ4v) is 3.26. The van der Waals surface area contributed by atoms with E-state index in [0.717, 1.165) is 24.2 Å². The van der Waals surface area contributed by atoms with Crippen molar-refractivity contribution in [1.29, 1.82) is 0 Å². The van der Waals surface area contributed by atoms with E-state index in [0.29, 0.717) is 43.7 Å². The lowest BCUT2D eigenvalue weighted by atomic mass is 9.89. The summed E-state index contributed by atoms with van der Waals surface area (Å²) in [5.74, 6) is 1.71. The summed E-state index contributed by atoms with van der Waals surface area (Å²) < 4.78 is 15.5. The number of carbonyl (C=O) groups is 1. The van der Waals surface area contributed by atoms with Gasteiger partial charge >= 0.3 is 0 Å². The van der Waals surface area contributed by atoms with Crippen molar-refractivity contribution >= 4 is 5.91 Å². The van der Waals surface area contributed by atoms with Crippen LogP contribution in [-0.4, -0.2) is 59.5 Å². The van der Waals surface area contributed by atoms with Gasteiger partial charge in [0.2, 0.25) is 5.91 Å². The Balaban J connectivity index is 1.60. The van der Waals surface area contributed by atoms with Crippen LogP contribution in [0.25, 0.3) is 11.5 Å². The van der Waals surface area contributed by atoms with Crippen molar-refractivity contribution in [1.82, 2.24) is 25.5 Å². The quantitative estimate of drug-likeness (QED) is 0.734. The second-order valence-corrected chi connectivity index (χ2v) is 6.98. The number of methoxy groups -OCH3 is 1. The third-order valence-corrected chi connectivity index (χ3v) is 4.77. The Morgan fingerprint density at radius 3 is 2.85 bits per heavy atom. The summed E-state index contributed by atoms with van der Waals surface area (Å²) in [5, 5.41) is 10.9. The van der Waals surface area contributed by atoms with Crippen LogP contribution >= 0.6 is 0 Å². The van der Waals surface area contributed by atoms with Crippen molar-refractivity contribution in [2.24, 2.45) is 5.41 Å². The number of hydrogen-bond donors (Lipinski definition) is 1. The van der Waals surface area contributed by atoms with E-state index in [1.165, 1.54) is 0 Å². The Morgan fingerprint density at radius 2 is 2.15 bits per heavy atom. The van der Waals surface area contributed by atoms with Gasteiger partial charge in [-0.1, -0.05) is 10.3 Å². The molecule has 3 heterocycles. The minimum absolute atomic E-state index is 0.0570. The van der Waals surface area contributed by atoms with Gasteiger partial charge in [-0.15, -0.1) is 0 Å². The molecule has 9 nitrogen and oxygen atoms in total. The zero-order chi connectivity index (χ0) is 18.7. The van der Waals surface area contributed by atoms with E-state index in [1.54, 1.807) is 7.11 Å². The summed E-state index contributed by atoms with van der Waals surface area (Å²) in [6, 6.07) is 0. The number of aromatic nitrogens is 3. The molecule has 3 rings (SSSR count). The fraction of sp³-hybridized carbons (Fsp3) is 0.647. The first-order valence-corrected chi connectivity index (χ1v) is 8.68. The monoisotopic (exact) mass is 363 g/mol. The third-order valence-electron chi connectivity index (χ3n) is 4.77. The van der Waals surface area contributed by atoms with Crippen molar-refractivity contribution in [2.75, 3.05) is 33.4 Å². The van der Waals surface area contributed by atoms with Crippen LogP contribution in [0.2, 0.25) is 0 Å². The summed E-state index contributed by atoms with van der Waals surface area (Å²) in [6.07, 6.45) is 0.792. The number of amides is 1. The van der Waals surface area contributed by atoms with Gasteiger partial charge in [-0.2, -0.15) is 4.98 Å². The molecule has 2 aromatic heterocycles. The fourth-order valence-electron chi connectivity index (χ4n) is 3.26. The minimum Gasteiger partial charge on any atom is -0.383 e. The molecule has 1 amide bonds. The van der Waals surface area contributed by atoms with Crippen LogP contribution in [-0.2, 0) is 16.1 Å². The maximum Gasteiger partial charge on any atom is 0.263 e. The Kier molecular flexibility index (Phi) is 5.38. The Hall–Kier alpha value is -2.26. The van der Waals surface area contributed by atoms with Gasteiger partial charge < -0.3 is 19.1 Å². The lowest BCUT2D eigenvalue weighted by Crippen LogP contribution is -2.42. The van der Waals surface area contributed by atoms with E-state index in [4.69, 9.17) is 13.8 Å². The molecule has 1 fully saturated rings. The van der Waals surface area contributed by atoms with Crippen LogP contribution in [0, 0.1) is 19.3 Å². The number of hydrogen-bond acceptors (Lipinski definition) is 8. The molecule has 0 aliphatic carbocycles. The second kappa shape index (κ2) is 7.55. The number of nitrogens with zero attached hydrogens (tertiary/aromatic N) is 4. The lowest BCUT2D eigenvalue weighted by molar-refractivity contribution is -0.129. The summed E-state index contributed by atoms with van der Waals surface area (Å²) in [6.45, 7) is 8.67.